The van der Waals surface area contributed by atoms with Crippen molar-refractivity contribution in [3.63, 3.8) is 0 Å². The van der Waals surface area contributed by atoms with Crippen molar-refractivity contribution in [2.24, 2.45) is 0 Å². The Balaban J connectivity index is 1.85. The number of anilines is 2. The number of hydrogen-bond donors (Lipinski definition) is 2. The topological polar surface area (TPSA) is 27.3 Å². The largest absolute Gasteiger partial charge is 0.351 e. The lowest BCUT2D eigenvalue weighted by molar-refractivity contribution is 0.596. The van der Waals surface area contributed by atoms with Crippen molar-refractivity contribution in [2.45, 2.75) is 18.8 Å². The van der Waals surface area contributed by atoms with Crippen molar-refractivity contribution in [1.82, 2.24) is 5.32 Å². The van der Waals surface area contributed by atoms with Crippen LogP contribution in [0.3, 0.4) is 0 Å². The molecule has 16 heavy (non-hydrogen) atoms. The van der Waals surface area contributed by atoms with Crippen LogP contribution in [-0.4, -0.2) is 12.3 Å². The molecule has 1 aromatic carbocycles. The third-order valence-corrected chi connectivity index (χ3v) is 3.48. The molecule has 3 heteroatoms. The zero-order chi connectivity index (χ0) is 10.5. The van der Waals surface area contributed by atoms with E-state index in [4.69, 9.17) is 0 Å². The van der Waals surface area contributed by atoms with E-state index in [1.54, 1.807) is 0 Å². The first-order valence-corrected chi connectivity index (χ1v) is 5.71. The van der Waals surface area contributed by atoms with Crippen molar-refractivity contribution in [1.29, 1.82) is 0 Å². The van der Waals surface area contributed by atoms with Gasteiger partial charge >= 0.3 is 0 Å². The highest BCUT2D eigenvalue weighted by molar-refractivity contribution is 5.79. The fourth-order valence-corrected chi connectivity index (χ4v) is 2.77. The quantitative estimate of drug-likeness (QED) is 0.687. The van der Waals surface area contributed by atoms with Crippen LogP contribution in [0, 0.1) is 0 Å². The minimum absolute atomic E-state index is 0.230. The maximum Gasteiger partial charge on any atom is 0.160 e. The average Bonchev–Trinajstić information content (AvgIpc) is 2.83. The highest BCUT2D eigenvalue weighted by Crippen LogP contribution is 2.41. The van der Waals surface area contributed by atoms with Gasteiger partial charge in [-0.25, -0.2) is 0 Å². The molecule has 0 radical (unpaired) electrons. The van der Waals surface area contributed by atoms with Crippen molar-refractivity contribution in [3.05, 3.63) is 48.2 Å². The van der Waals surface area contributed by atoms with Crippen LogP contribution in [0.25, 0.3) is 0 Å². The van der Waals surface area contributed by atoms with Crippen molar-refractivity contribution in [2.75, 3.05) is 10.2 Å². The number of fused-ring (bicyclic) bond motifs is 5. The van der Waals surface area contributed by atoms with Crippen LogP contribution in [0.5, 0.6) is 0 Å². The van der Waals surface area contributed by atoms with Gasteiger partial charge in [0, 0.05) is 5.70 Å². The second kappa shape index (κ2) is 2.89. The summed E-state index contributed by atoms with van der Waals surface area (Å²) in [5.74, 6) is 0. The van der Waals surface area contributed by atoms with E-state index in [0.29, 0.717) is 6.04 Å². The molecule has 1 fully saturated rings. The number of benzene rings is 1. The molecule has 3 aliphatic rings. The first-order valence-electron chi connectivity index (χ1n) is 5.71. The van der Waals surface area contributed by atoms with Crippen LogP contribution in [0.2, 0.25) is 0 Å². The highest BCUT2D eigenvalue weighted by atomic mass is 15.5. The standard InChI is InChI=1S/C13H13N3/c1-3-7-11-9(5-1)14-13-15-10-6-2-4-8-12(10)16(11)13/h1-5,7-8,10,13-15H,6H2. The van der Waals surface area contributed by atoms with E-state index in [1.165, 1.54) is 17.1 Å². The Bertz CT molecular complexity index is 504. The molecule has 0 bridgehead atoms. The Morgan fingerprint density at radius 2 is 2.19 bits per heavy atom. The maximum absolute atomic E-state index is 3.60. The molecule has 4 rings (SSSR count). The summed E-state index contributed by atoms with van der Waals surface area (Å²) in [7, 11) is 0. The molecule has 0 amide bonds. The Morgan fingerprint density at radius 3 is 3.19 bits per heavy atom. The molecule has 3 nitrogen and oxygen atoms in total. The van der Waals surface area contributed by atoms with E-state index < -0.39 is 0 Å². The van der Waals surface area contributed by atoms with Gasteiger partial charge in [0.05, 0.1) is 17.4 Å². The van der Waals surface area contributed by atoms with Crippen LogP contribution in [0.1, 0.15) is 6.42 Å². The van der Waals surface area contributed by atoms with Gasteiger partial charge < -0.3 is 10.2 Å². The van der Waals surface area contributed by atoms with Crippen LogP contribution in [0.15, 0.2) is 48.2 Å². The summed E-state index contributed by atoms with van der Waals surface area (Å²) in [4.78, 5) is 2.36. The lowest BCUT2D eigenvalue weighted by Crippen LogP contribution is -2.38. The van der Waals surface area contributed by atoms with E-state index in [9.17, 15) is 0 Å². The van der Waals surface area contributed by atoms with Gasteiger partial charge in [-0.15, -0.1) is 0 Å². The molecule has 2 heterocycles. The molecule has 2 aliphatic heterocycles. The van der Waals surface area contributed by atoms with Gasteiger partial charge in [-0.1, -0.05) is 24.3 Å². The predicted octanol–water partition coefficient (Wildman–Crippen LogP) is 2.02. The minimum Gasteiger partial charge on any atom is -0.351 e. The molecule has 1 aliphatic carbocycles. The molecule has 2 atom stereocenters. The smallest absolute Gasteiger partial charge is 0.160 e. The summed E-state index contributed by atoms with van der Waals surface area (Å²) in [6, 6.07) is 8.93. The number of hydrogen-bond acceptors (Lipinski definition) is 3. The predicted molar refractivity (Wildman–Crippen MR) is 65.1 cm³/mol. The van der Waals surface area contributed by atoms with Crippen LogP contribution in [0.4, 0.5) is 11.4 Å². The van der Waals surface area contributed by atoms with Crippen LogP contribution < -0.4 is 15.5 Å². The molecule has 80 valence electrons. The fourth-order valence-electron chi connectivity index (χ4n) is 2.77. The van der Waals surface area contributed by atoms with Gasteiger partial charge in [-0.3, -0.25) is 5.32 Å². The second-order valence-corrected chi connectivity index (χ2v) is 4.41. The molecule has 0 spiro atoms. The van der Waals surface area contributed by atoms with Crippen molar-refractivity contribution >= 4 is 11.4 Å². The van der Waals surface area contributed by atoms with Gasteiger partial charge in [-0.05, 0) is 24.6 Å². The van der Waals surface area contributed by atoms with E-state index in [1.807, 2.05) is 0 Å². The van der Waals surface area contributed by atoms with E-state index in [-0.39, 0.29) is 6.29 Å². The van der Waals surface area contributed by atoms with E-state index >= 15 is 0 Å². The summed E-state index contributed by atoms with van der Waals surface area (Å²) >= 11 is 0. The van der Waals surface area contributed by atoms with Crippen molar-refractivity contribution < 1.29 is 0 Å². The minimum atomic E-state index is 0.230. The Hall–Kier alpha value is -1.74. The molecule has 2 N–H and O–H groups in total. The van der Waals surface area contributed by atoms with Gasteiger partial charge in [0.2, 0.25) is 0 Å². The number of rotatable bonds is 0. The summed E-state index contributed by atoms with van der Waals surface area (Å²) in [5, 5.41) is 7.10. The molecular formula is C13H13N3. The molecule has 1 saturated heterocycles. The molecule has 2 unspecified atom stereocenters. The highest BCUT2D eigenvalue weighted by Gasteiger charge is 2.41. The molecule has 0 saturated carbocycles. The summed E-state index contributed by atoms with van der Waals surface area (Å²) in [6.07, 6.45) is 7.90. The SMILES string of the molecule is C1=CCC2NC3Nc4ccccc4N3C2=C1. The Morgan fingerprint density at radius 1 is 1.25 bits per heavy atom. The van der Waals surface area contributed by atoms with Crippen molar-refractivity contribution in [3.8, 4) is 0 Å². The van der Waals surface area contributed by atoms with E-state index in [0.717, 1.165) is 6.42 Å². The maximum atomic E-state index is 3.60. The summed E-state index contributed by atoms with van der Waals surface area (Å²) < 4.78 is 0. The van der Waals surface area contributed by atoms with Crippen LogP contribution in [-0.2, 0) is 0 Å². The third kappa shape index (κ3) is 0.959. The molecule has 0 aromatic heterocycles. The van der Waals surface area contributed by atoms with Gasteiger partial charge in [-0.2, -0.15) is 0 Å². The third-order valence-electron chi connectivity index (χ3n) is 3.48. The molecular weight excluding hydrogens is 198 g/mol. The fraction of sp³-hybridized carbons (Fsp3) is 0.231. The number of nitrogens with zero attached hydrogens (tertiary/aromatic N) is 1. The normalized spacial score (nSPS) is 29.2. The first-order chi connectivity index (χ1) is 7.93. The van der Waals surface area contributed by atoms with Gasteiger partial charge in [0.25, 0.3) is 0 Å². The summed E-state index contributed by atoms with van der Waals surface area (Å²) in [6.45, 7) is 0. The Kier molecular flexibility index (Phi) is 1.52. The summed E-state index contributed by atoms with van der Waals surface area (Å²) in [5.41, 5.74) is 3.88. The number of nitrogens with one attached hydrogen (secondary N) is 2. The van der Waals surface area contributed by atoms with Crippen LogP contribution >= 0.6 is 0 Å². The zero-order valence-electron chi connectivity index (χ0n) is 8.85. The van der Waals surface area contributed by atoms with E-state index in [2.05, 4.69) is 58.0 Å². The molecule has 1 aromatic rings. The first kappa shape index (κ1) is 8.42. The monoisotopic (exact) mass is 211 g/mol. The lowest BCUT2D eigenvalue weighted by atomic mass is 10.1. The number of allylic oxidation sites excluding steroid dienone is 2. The van der Waals surface area contributed by atoms with Gasteiger partial charge in [0.1, 0.15) is 0 Å². The lowest BCUT2D eigenvalue weighted by Gasteiger charge is -2.20. The van der Waals surface area contributed by atoms with Gasteiger partial charge in [0.15, 0.2) is 6.29 Å². The number of para-hydroxylation sites is 2. The zero-order valence-corrected chi connectivity index (χ0v) is 8.85. The average molecular weight is 211 g/mol. The Labute approximate surface area is 94.4 Å². The second-order valence-electron chi connectivity index (χ2n) is 4.41.